The number of rotatable bonds is 5. The summed E-state index contributed by atoms with van der Waals surface area (Å²) < 4.78 is 0. The van der Waals surface area contributed by atoms with Crippen molar-refractivity contribution in [3.8, 4) is 0 Å². The zero-order valence-corrected chi connectivity index (χ0v) is 16.5. The minimum absolute atomic E-state index is 0.252. The summed E-state index contributed by atoms with van der Waals surface area (Å²) in [6, 6.07) is 43.6. The molecule has 28 heavy (non-hydrogen) atoms. The lowest BCUT2D eigenvalue weighted by Gasteiger charge is -2.49. The summed E-state index contributed by atoms with van der Waals surface area (Å²) in [6.07, 6.45) is 0. The van der Waals surface area contributed by atoms with E-state index in [0.717, 1.165) is 0 Å². The first-order valence-corrected chi connectivity index (χ1v) is 9.89. The fraction of sp³-hybridized carbons (Fsp3) is 0.111. The molecule has 4 aromatic rings. The fourth-order valence-corrected chi connectivity index (χ4v) is 4.57. The second-order valence-corrected chi connectivity index (χ2v) is 7.71. The van der Waals surface area contributed by atoms with Crippen LogP contribution >= 0.6 is 0 Å². The SMILES string of the molecule is BC(c1ccccc1)(c1ccccc1)C(C)(c1ccccc1)c1ccccc1. The maximum absolute atomic E-state index is 2.39. The van der Waals surface area contributed by atoms with Crippen molar-refractivity contribution in [2.24, 2.45) is 0 Å². The second-order valence-electron chi connectivity index (χ2n) is 7.71. The van der Waals surface area contributed by atoms with Crippen LogP contribution in [0, 0.1) is 0 Å². The van der Waals surface area contributed by atoms with E-state index in [9.17, 15) is 0 Å². The van der Waals surface area contributed by atoms with Crippen LogP contribution in [-0.2, 0) is 10.7 Å². The molecule has 0 amide bonds. The Labute approximate surface area is 169 Å². The predicted octanol–water partition coefficient (Wildman–Crippen LogP) is 5.57. The Morgan fingerprint density at radius 2 is 0.679 bits per heavy atom. The molecule has 0 heterocycles. The summed E-state index contributed by atoms with van der Waals surface area (Å²) in [4.78, 5) is 0. The van der Waals surface area contributed by atoms with Crippen LogP contribution in [0.5, 0.6) is 0 Å². The van der Waals surface area contributed by atoms with Gasteiger partial charge in [-0.05, 0) is 22.3 Å². The average Bonchev–Trinajstić information content (AvgIpc) is 2.80. The van der Waals surface area contributed by atoms with E-state index in [0.29, 0.717) is 0 Å². The van der Waals surface area contributed by atoms with Crippen molar-refractivity contribution in [1.82, 2.24) is 0 Å². The second kappa shape index (κ2) is 7.52. The molecule has 0 aliphatic heterocycles. The van der Waals surface area contributed by atoms with E-state index < -0.39 is 0 Å². The molecule has 0 aromatic heterocycles. The van der Waals surface area contributed by atoms with Gasteiger partial charge >= 0.3 is 0 Å². The van der Waals surface area contributed by atoms with Gasteiger partial charge in [0.15, 0.2) is 0 Å². The number of hydrogen-bond acceptors (Lipinski definition) is 0. The molecule has 0 spiro atoms. The molecular weight excluding hydrogens is 335 g/mol. The van der Waals surface area contributed by atoms with E-state index in [4.69, 9.17) is 0 Å². The highest BCUT2D eigenvalue weighted by molar-refractivity contribution is 6.20. The van der Waals surface area contributed by atoms with Crippen LogP contribution in [0.1, 0.15) is 29.2 Å². The van der Waals surface area contributed by atoms with Crippen LogP contribution in [0.4, 0.5) is 0 Å². The van der Waals surface area contributed by atoms with Crippen LogP contribution in [0.3, 0.4) is 0 Å². The molecule has 0 radical (unpaired) electrons. The Morgan fingerprint density at radius 1 is 0.429 bits per heavy atom. The van der Waals surface area contributed by atoms with Gasteiger partial charge in [-0.3, -0.25) is 0 Å². The zero-order valence-electron chi connectivity index (χ0n) is 16.5. The molecule has 0 atom stereocenters. The minimum Gasteiger partial charge on any atom is -0.0622 e. The third-order valence-electron chi connectivity index (χ3n) is 6.40. The molecule has 0 unspecified atom stereocenters. The largest absolute Gasteiger partial charge is 0.122 e. The zero-order chi connectivity index (χ0) is 19.5. The summed E-state index contributed by atoms with van der Waals surface area (Å²) in [5, 5.41) is -0.252. The number of benzene rings is 4. The van der Waals surface area contributed by atoms with Crippen LogP contribution in [0.15, 0.2) is 121 Å². The number of hydrogen-bond donors (Lipinski definition) is 0. The highest BCUT2D eigenvalue weighted by Crippen LogP contribution is 2.50. The van der Waals surface area contributed by atoms with E-state index in [2.05, 4.69) is 136 Å². The summed E-state index contributed by atoms with van der Waals surface area (Å²) in [5.41, 5.74) is 5.01. The lowest BCUT2D eigenvalue weighted by Crippen LogP contribution is -2.49. The molecule has 4 rings (SSSR count). The Morgan fingerprint density at radius 3 is 0.964 bits per heavy atom. The minimum atomic E-state index is -0.252. The maximum atomic E-state index is 2.39. The van der Waals surface area contributed by atoms with Crippen molar-refractivity contribution in [2.75, 3.05) is 0 Å². The van der Waals surface area contributed by atoms with Crippen LogP contribution in [0.2, 0.25) is 0 Å². The molecule has 0 N–H and O–H groups in total. The molecule has 0 aliphatic carbocycles. The van der Waals surface area contributed by atoms with Crippen molar-refractivity contribution in [3.05, 3.63) is 144 Å². The molecule has 1 heteroatoms. The molecular formula is C27H25B. The third kappa shape index (κ3) is 2.88. The molecule has 4 aromatic carbocycles. The van der Waals surface area contributed by atoms with Crippen molar-refractivity contribution in [1.29, 1.82) is 0 Å². The summed E-state index contributed by atoms with van der Waals surface area (Å²) >= 11 is 0. The van der Waals surface area contributed by atoms with Crippen LogP contribution in [-0.4, -0.2) is 7.85 Å². The van der Waals surface area contributed by atoms with Gasteiger partial charge < -0.3 is 0 Å². The molecule has 0 nitrogen and oxygen atoms in total. The summed E-state index contributed by atoms with van der Waals surface area (Å²) in [7, 11) is 2.39. The van der Waals surface area contributed by atoms with Gasteiger partial charge in [0, 0.05) is 10.7 Å². The first-order valence-electron chi connectivity index (χ1n) is 9.89. The third-order valence-corrected chi connectivity index (χ3v) is 6.40. The maximum Gasteiger partial charge on any atom is 0.122 e. The molecule has 0 saturated carbocycles. The van der Waals surface area contributed by atoms with E-state index in [1.54, 1.807) is 0 Å². The van der Waals surface area contributed by atoms with Crippen molar-refractivity contribution < 1.29 is 0 Å². The van der Waals surface area contributed by atoms with Gasteiger partial charge in [0.25, 0.3) is 0 Å². The quantitative estimate of drug-likeness (QED) is 0.408. The van der Waals surface area contributed by atoms with E-state index in [1.807, 2.05) is 0 Å². The standard InChI is InChI=1S/C27H25B/c1-26(22-14-6-2-7-15-22,23-16-8-3-9-17-23)27(28,24-18-10-4-11-19-24)25-20-12-5-13-21-25/h2-21H,28H2,1H3. The summed E-state index contributed by atoms with van der Waals surface area (Å²) in [5.74, 6) is 0. The van der Waals surface area contributed by atoms with E-state index >= 15 is 0 Å². The lowest BCUT2D eigenvalue weighted by atomic mass is 9.43. The van der Waals surface area contributed by atoms with Gasteiger partial charge in [-0.1, -0.05) is 128 Å². The molecule has 0 fully saturated rings. The highest BCUT2D eigenvalue weighted by Gasteiger charge is 2.48. The van der Waals surface area contributed by atoms with E-state index in [-0.39, 0.29) is 10.7 Å². The Balaban J connectivity index is 2.09. The fourth-order valence-electron chi connectivity index (χ4n) is 4.57. The monoisotopic (exact) mass is 360 g/mol. The van der Waals surface area contributed by atoms with Gasteiger partial charge in [0.1, 0.15) is 7.85 Å². The van der Waals surface area contributed by atoms with Crippen LogP contribution in [0.25, 0.3) is 0 Å². The Hall–Kier alpha value is -3.06. The molecule has 0 aliphatic rings. The lowest BCUT2D eigenvalue weighted by molar-refractivity contribution is 0.447. The molecule has 0 bridgehead atoms. The van der Waals surface area contributed by atoms with Gasteiger partial charge in [-0.2, -0.15) is 0 Å². The van der Waals surface area contributed by atoms with Gasteiger partial charge in [0.05, 0.1) is 0 Å². The molecule has 0 saturated heterocycles. The molecule has 136 valence electrons. The smallest absolute Gasteiger partial charge is 0.0622 e. The average molecular weight is 360 g/mol. The first kappa shape index (κ1) is 18.3. The first-order chi connectivity index (χ1) is 13.7. The Kier molecular flexibility index (Phi) is 4.92. The van der Waals surface area contributed by atoms with Crippen LogP contribution < -0.4 is 0 Å². The van der Waals surface area contributed by atoms with Gasteiger partial charge in [-0.25, -0.2) is 0 Å². The Bertz CT molecular complexity index is 843. The van der Waals surface area contributed by atoms with Gasteiger partial charge in [0.2, 0.25) is 0 Å². The topological polar surface area (TPSA) is 0 Å². The van der Waals surface area contributed by atoms with Crippen molar-refractivity contribution >= 4 is 7.85 Å². The predicted molar refractivity (Wildman–Crippen MR) is 122 cm³/mol. The van der Waals surface area contributed by atoms with Crippen molar-refractivity contribution in [3.63, 3.8) is 0 Å². The van der Waals surface area contributed by atoms with Gasteiger partial charge in [-0.15, -0.1) is 0 Å². The highest BCUT2D eigenvalue weighted by atomic mass is 14.5. The normalized spacial score (nSPS) is 11.9. The summed E-state index contributed by atoms with van der Waals surface area (Å²) in [6.45, 7) is 2.39. The van der Waals surface area contributed by atoms with E-state index in [1.165, 1.54) is 22.3 Å². The van der Waals surface area contributed by atoms with Crippen molar-refractivity contribution in [2.45, 2.75) is 17.7 Å².